The van der Waals surface area contributed by atoms with Crippen molar-refractivity contribution in [3.63, 3.8) is 0 Å². The zero-order valence-electron chi connectivity index (χ0n) is 14.2. The second kappa shape index (κ2) is 10.9. The van der Waals surface area contributed by atoms with Gasteiger partial charge in [0.05, 0.1) is 0 Å². The Morgan fingerprint density at radius 3 is 2.23 bits per heavy atom. The molecule has 0 atom stereocenters. The number of carbonyl (C=O) groups excluding carboxylic acids is 1. The molecule has 26 heavy (non-hydrogen) atoms. The van der Waals surface area contributed by atoms with Crippen molar-refractivity contribution in [2.75, 3.05) is 13.2 Å². The van der Waals surface area contributed by atoms with Gasteiger partial charge in [0.2, 0.25) is 0 Å². The zero-order chi connectivity index (χ0) is 18.6. The van der Waals surface area contributed by atoms with E-state index in [2.05, 4.69) is 0 Å². The van der Waals surface area contributed by atoms with Crippen molar-refractivity contribution in [3.05, 3.63) is 66.8 Å². The summed E-state index contributed by atoms with van der Waals surface area (Å²) in [6.45, 7) is 0.318. The Hall–Kier alpha value is -2.89. The number of rotatable bonds is 10. The molecule has 138 valence electrons. The predicted octanol–water partition coefficient (Wildman–Crippen LogP) is 5.35. The van der Waals surface area contributed by atoms with Gasteiger partial charge in [-0.25, -0.2) is 0 Å². The smallest absolute Gasteiger partial charge is 0.305 e. The monoisotopic (exact) mass is 362 g/mol. The predicted molar refractivity (Wildman–Crippen MR) is 93.6 cm³/mol. The number of allylic oxidation sites excluding steroid dienone is 1. The third-order valence-electron chi connectivity index (χ3n) is 3.30. The van der Waals surface area contributed by atoms with Crippen LogP contribution in [-0.2, 0) is 9.53 Å². The molecule has 0 fully saturated rings. The van der Waals surface area contributed by atoms with E-state index in [1.165, 1.54) is 0 Å². The molecule has 0 aliphatic heterocycles. The Labute approximate surface area is 151 Å². The molecule has 0 aliphatic rings. The third kappa shape index (κ3) is 7.79. The van der Waals surface area contributed by atoms with E-state index >= 15 is 0 Å². The van der Waals surface area contributed by atoms with Crippen LogP contribution in [0.3, 0.4) is 0 Å². The Kier molecular flexibility index (Phi) is 8.12. The maximum Gasteiger partial charge on any atom is 0.305 e. The van der Waals surface area contributed by atoms with Crippen LogP contribution < -0.4 is 9.47 Å². The molecule has 0 saturated carbocycles. The summed E-state index contributed by atoms with van der Waals surface area (Å²) < 4.78 is 39.8. The number of hydrogen-bond donors (Lipinski definition) is 0. The SMILES string of the molecule is O=C(CCCC=C(F)F)OCCOc1ccc(Oc2ccccc2)cc1. The normalized spacial score (nSPS) is 10.1. The topological polar surface area (TPSA) is 44.8 Å². The van der Waals surface area contributed by atoms with Crippen molar-refractivity contribution in [2.45, 2.75) is 19.3 Å². The number of para-hydroxylation sites is 1. The largest absolute Gasteiger partial charge is 0.490 e. The summed E-state index contributed by atoms with van der Waals surface area (Å²) in [5.41, 5.74) is 0. The van der Waals surface area contributed by atoms with Crippen LogP contribution in [0.5, 0.6) is 17.2 Å². The Balaban J connectivity index is 1.62. The molecule has 0 amide bonds. The van der Waals surface area contributed by atoms with Gasteiger partial charge < -0.3 is 14.2 Å². The van der Waals surface area contributed by atoms with Gasteiger partial charge in [-0.05, 0) is 55.3 Å². The highest BCUT2D eigenvalue weighted by Crippen LogP contribution is 2.23. The highest BCUT2D eigenvalue weighted by atomic mass is 19.3. The molecule has 0 aromatic heterocycles. The summed E-state index contributed by atoms with van der Waals surface area (Å²) in [5.74, 6) is 1.64. The Bertz CT molecular complexity index is 696. The molecule has 0 saturated heterocycles. The van der Waals surface area contributed by atoms with Crippen LogP contribution in [0, 0.1) is 0 Å². The van der Waals surface area contributed by atoms with Gasteiger partial charge in [-0.3, -0.25) is 4.79 Å². The summed E-state index contributed by atoms with van der Waals surface area (Å²) in [4.78, 5) is 11.4. The van der Waals surface area contributed by atoms with Crippen molar-refractivity contribution in [1.82, 2.24) is 0 Å². The number of unbranched alkanes of at least 4 members (excludes halogenated alkanes) is 1. The van der Waals surface area contributed by atoms with Crippen LogP contribution in [0.25, 0.3) is 0 Å². The van der Waals surface area contributed by atoms with E-state index in [-0.39, 0.29) is 26.1 Å². The van der Waals surface area contributed by atoms with Crippen LogP contribution in [0.4, 0.5) is 8.78 Å². The standard InChI is InChI=1S/C20H20F2O4/c21-19(22)8-4-5-9-20(23)25-15-14-24-16-10-12-18(13-11-16)26-17-6-2-1-3-7-17/h1-3,6-8,10-13H,4-5,9,14-15H2. The van der Waals surface area contributed by atoms with Gasteiger partial charge in [-0.15, -0.1) is 0 Å². The molecule has 0 bridgehead atoms. The summed E-state index contributed by atoms with van der Waals surface area (Å²) in [6, 6.07) is 16.5. The van der Waals surface area contributed by atoms with Gasteiger partial charge in [0.25, 0.3) is 6.08 Å². The molecule has 2 rings (SSSR count). The lowest BCUT2D eigenvalue weighted by atomic mass is 10.2. The van der Waals surface area contributed by atoms with Gasteiger partial charge in [0.1, 0.15) is 30.5 Å². The molecule has 0 radical (unpaired) electrons. The zero-order valence-corrected chi connectivity index (χ0v) is 14.2. The number of carbonyl (C=O) groups is 1. The first-order valence-electron chi connectivity index (χ1n) is 8.26. The Morgan fingerprint density at radius 2 is 1.54 bits per heavy atom. The highest BCUT2D eigenvalue weighted by Gasteiger charge is 2.03. The fraction of sp³-hybridized carbons (Fsp3) is 0.250. The van der Waals surface area contributed by atoms with Gasteiger partial charge in [0.15, 0.2) is 0 Å². The van der Waals surface area contributed by atoms with Gasteiger partial charge >= 0.3 is 5.97 Å². The van der Waals surface area contributed by atoms with E-state index in [0.717, 1.165) is 11.8 Å². The van der Waals surface area contributed by atoms with Crippen LogP contribution in [-0.4, -0.2) is 19.2 Å². The van der Waals surface area contributed by atoms with E-state index in [9.17, 15) is 13.6 Å². The van der Waals surface area contributed by atoms with E-state index < -0.39 is 12.0 Å². The quantitative estimate of drug-likeness (QED) is 0.422. The molecule has 2 aromatic rings. The number of halogens is 2. The molecule has 0 N–H and O–H groups in total. The summed E-state index contributed by atoms with van der Waals surface area (Å²) >= 11 is 0. The number of benzene rings is 2. The first kappa shape index (κ1) is 19.4. The second-order valence-electron chi connectivity index (χ2n) is 5.34. The molecular formula is C20H20F2O4. The summed E-state index contributed by atoms with van der Waals surface area (Å²) in [7, 11) is 0. The van der Waals surface area contributed by atoms with Crippen LogP contribution >= 0.6 is 0 Å². The second-order valence-corrected chi connectivity index (χ2v) is 5.34. The van der Waals surface area contributed by atoms with Crippen molar-refractivity contribution in [2.24, 2.45) is 0 Å². The van der Waals surface area contributed by atoms with Crippen LogP contribution in [0.15, 0.2) is 66.8 Å². The van der Waals surface area contributed by atoms with Gasteiger partial charge in [0, 0.05) is 6.42 Å². The molecule has 0 unspecified atom stereocenters. The summed E-state index contributed by atoms with van der Waals surface area (Å²) in [6.07, 6.45) is -0.339. The maximum atomic E-state index is 11.8. The highest BCUT2D eigenvalue weighted by molar-refractivity contribution is 5.69. The first-order chi connectivity index (χ1) is 12.6. The lowest BCUT2D eigenvalue weighted by Crippen LogP contribution is -2.11. The molecule has 6 heteroatoms. The van der Waals surface area contributed by atoms with Crippen molar-refractivity contribution >= 4 is 5.97 Å². The number of ether oxygens (including phenoxy) is 3. The molecule has 0 spiro atoms. The number of esters is 1. The maximum absolute atomic E-state index is 11.8. The minimum atomic E-state index is -1.73. The van der Waals surface area contributed by atoms with Crippen molar-refractivity contribution in [3.8, 4) is 17.2 Å². The average Bonchev–Trinajstić information content (AvgIpc) is 2.64. The molecular weight excluding hydrogens is 342 g/mol. The van der Waals surface area contributed by atoms with Crippen molar-refractivity contribution < 1.29 is 27.8 Å². The van der Waals surface area contributed by atoms with E-state index in [1.807, 2.05) is 30.3 Å². The minimum absolute atomic E-state index is 0.106. The molecule has 4 nitrogen and oxygen atoms in total. The number of hydrogen-bond acceptors (Lipinski definition) is 4. The van der Waals surface area contributed by atoms with Gasteiger partial charge in [-0.2, -0.15) is 8.78 Å². The fourth-order valence-corrected chi connectivity index (χ4v) is 2.07. The minimum Gasteiger partial charge on any atom is -0.490 e. The van der Waals surface area contributed by atoms with E-state index in [1.54, 1.807) is 24.3 Å². The molecule has 2 aromatic carbocycles. The van der Waals surface area contributed by atoms with Gasteiger partial charge in [-0.1, -0.05) is 18.2 Å². The Morgan fingerprint density at radius 1 is 0.885 bits per heavy atom. The third-order valence-corrected chi connectivity index (χ3v) is 3.30. The average molecular weight is 362 g/mol. The van der Waals surface area contributed by atoms with E-state index in [0.29, 0.717) is 17.9 Å². The first-order valence-corrected chi connectivity index (χ1v) is 8.26. The molecule has 0 heterocycles. The lowest BCUT2D eigenvalue weighted by molar-refractivity contribution is -0.144. The van der Waals surface area contributed by atoms with Crippen LogP contribution in [0.1, 0.15) is 19.3 Å². The van der Waals surface area contributed by atoms with Crippen LogP contribution in [0.2, 0.25) is 0 Å². The molecule has 0 aliphatic carbocycles. The van der Waals surface area contributed by atoms with Crippen molar-refractivity contribution in [1.29, 1.82) is 0 Å². The lowest BCUT2D eigenvalue weighted by Gasteiger charge is -2.09. The summed E-state index contributed by atoms with van der Waals surface area (Å²) in [5, 5.41) is 0. The van der Waals surface area contributed by atoms with E-state index in [4.69, 9.17) is 14.2 Å². The fourth-order valence-electron chi connectivity index (χ4n) is 2.07.